The fraction of sp³-hybridized carbons (Fsp3) is 0.391. The predicted octanol–water partition coefficient (Wildman–Crippen LogP) is 5.56. The molecule has 2 aromatic carbocycles. The van der Waals surface area contributed by atoms with Crippen molar-refractivity contribution in [3.8, 4) is 0 Å². The van der Waals surface area contributed by atoms with Crippen molar-refractivity contribution in [1.82, 2.24) is 5.32 Å². The van der Waals surface area contributed by atoms with Gasteiger partial charge in [-0.3, -0.25) is 9.59 Å². The highest BCUT2D eigenvalue weighted by atomic mass is 35.5. The summed E-state index contributed by atoms with van der Waals surface area (Å²) in [4.78, 5) is 24.4. The molecule has 0 radical (unpaired) electrons. The van der Waals surface area contributed by atoms with Crippen molar-refractivity contribution in [2.24, 2.45) is 5.41 Å². The van der Waals surface area contributed by atoms with E-state index in [0.29, 0.717) is 10.6 Å². The number of aliphatic carboxylic acids is 1. The molecule has 1 aliphatic heterocycles. The Balaban J connectivity index is 2.10. The summed E-state index contributed by atoms with van der Waals surface area (Å²) in [6, 6.07) is 11.3. The third-order valence-corrected chi connectivity index (χ3v) is 6.60. The molecule has 0 bridgehead atoms. The van der Waals surface area contributed by atoms with E-state index < -0.39 is 28.7 Å². The molecule has 1 aliphatic rings. The van der Waals surface area contributed by atoms with Crippen molar-refractivity contribution >= 4 is 35.1 Å². The molecule has 4 nitrogen and oxygen atoms in total. The molecule has 2 N–H and O–H groups in total. The Kier molecular flexibility index (Phi) is 6.17. The quantitative estimate of drug-likeness (QED) is 0.624. The lowest BCUT2D eigenvalue weighted by atomic mass is 9.62. The molecule has 1 heterocycles. The highest BCUT2D eigenvalue weighted by Crippen LogP contribution is 2.47. The molecule has 0 aliphatic carbocycles. The summed E-state index contributed by atoms with van der Waals surface area (Å²) in [5.74, 6) is -2.20. The molecule has 3 rings (SSSR count). The number of nitrogens with one attached hydrogen (secondary N) is 1. The number of piperidine rings is 1. The van der Waals surface area contributed by atoms with Crippen LogP contribution in [0, 0.1) is 11.2 Å². The largest absolute Gasteiger partial charge is 0.481 e. The molecule has 30 heavy (non-hydrogen) atoms. The van der Waals surface area contributed by atoms with E-state index in [9.17, 15) is 19.1 Å². The van der Waals surface area contributed by atoms with Crippen LogP contribution >= 0.6 is 23.2 Å². The highest BCUT2D eigenvalue weighted by Gasteiger charge is 2.50. The average Bonchev–Trinajstić information content (AvgIpc) is 2.62. The Morgan fingerprint density at radius 2 is 1.83 bits per heavy atom. The predicted molar refractivity (Wildman–Crippen MR) is 116 cm³/mol. The molecule has 0 aromatic heterocycles. The molecular weight excluding hydrogens is 428 g/mol. The van der Waals surface area contributed by atoms with Gasteiger partial charge in [0.1, 0.15) is 5.82 Å². The lowest BCUT2D eigenvalue weighted by Crippen LogP contribution is -2.60. The van der Waals surface area contributed by atoms with Gasteiger partial charge < -0.3 is 10.4 Å². The van der Waals surface area contributed by atoms with Crippen molar-refractivity contribution in [1.29, 1.82) is 0 Å². The third-order valence-electron chi connectivity index (χ3n) is 6.13. The van der Waals surface area contributed by atoms with Crippen LogP contribution in [-0.2, 0) is 15.0 Å². The van der Waals surface area contributed by atoms with Gasteiger partial charge >= 0.3 is 5.97 Å². The first-order valence-corrected chi connectivity index (χ1v) is 10.4. The monoisotopic (exact) mass is 451 g/mol. The maximum absolute atomic E-state index is 14.2. The van der Waals surface area contributed by atoms with Gasteiger partial charge in [0, 0.05) is 27.4 Å². The zero-order valence-electron chi connectivity index (χ0n) is 17.0. The molecular formula is C23H24Cl2FNO3. The van der Waals surface area contributed by atoms with E-state index in [1.165, 1.54) is 12.1 Å². The fourth-order valence-corrected chi connectivity index (χ4v) is 4.80. The van der Waals surface area contributed by atoms with E-state index in [4.69, 9.17) is 23.2 Å². The second kappa shape index (κ2) is 8.20. The van der Waals surface area contributed by atoms with Crippen LogP contribution in [0.4, 0.5) is 4.39 Å². The summed E-state index contributed by atoms with van der Waals surface area (Å²) in [5.41, 5.74) is -0.0916. The molecule has 2 aromatic rings. The Morgan fingerprint density at radius 1 is 1.20 bits per heavy atom. The Bertz CT molecular complexity index is 957. The van der Waals surface area contributed by atoms with Crippen LogP contribution in [0.2, 0.25) is 10.0 Å². The van der Waals surface area contributed by atoms with E-state index >= 15 is 0 Å². The molecule has 0 saturated carbocycles. The molecule has 7 heteroatoms. The number of rotatable bonds is 5. The van der Waals surface area contributed by atoms with Gasteiger partial charge in [-0.25, -0.2) is 4.39 Å². The first-order valence-electron chi connectivity index (χ1n) is 9.67. The number of halogens is 3. The van der Waals surface area contributed by atoms with E-state index in [1.807, 2.05) is 26.0 Å². The normalized spacial score (nSPS) is 24.4. The third kappa shape index (κ3) is 4.47. The highest BCUT2D eigenvalue weighted by molar-refractivity contribution is 6.30. The van der Waals surface area contributed by atoms with Crippen molar-refractivity contribution in [3.05, 3.63) is 69.5 Å². The van der Waals surface area contributed by atoms with E-state index in [2.05, 4.69) is 5.32 Å². The zero-order chi connectivity index (χ0) is 22.3. The van der Waals surface area contributed by atoms with Gasteiger partial charge in [-0.15, -0.1) is 0 Å². The van der Waals surface area contributed by atoms with Crippen molar-refractivity contribution in [2.45, 2.75) is 51.0 Å². The van der Waals surface area contributed by atoms with Gasteiger partial charge in [0.2, 0.25) is 5.91 Å². The van der Waals surface area contributed by atoms with Gasteiger partial charge in [-0.05, 0) is 47.9 Å². The van der Waals surface area contributed by atoms with E-state index in [0.717, 1.165) is 5.56 Å². The van der Waals surface area contributed by atoms with Gasteiger partial charge in [0.15, 0.2) is 0 Å². The van der Waals surface area contributed by atoms with E-state index in [1.54, 1.807) is 25.1 Å². The molecule has 1 saturated heterocycles. The topological polar surface area (TPSA) is 66.4 Å². The van der Waals surface area contributed by atoms with Crippen LogP contribution in [-0.4, -0.2) is 23.0 Å². The van der Waals surface area contributed by atoms with Gasteiger partial charge in [-0.1, -0.05) is 56.1 Å². The lowest BCUT2D eigenvalue weighted by molar-refractivity contribution is -0.147. The maximum atomic E-state index is 14.2. The molecule has 160 valence electrons. The Hall–Kier alpha value is -2.11. The number of carboxylic acids is 1. The van der Waals surface area contributed by atoms with Crippen molar-refractivity contribution in [2.75, 3.05) is 0 Å². The summed E-state index contributed by atoms with van der Waals surface area (Å²) < 4.78 is 14.2. The summed E-state index contributed by atoms with van der Waals surface area (Å²) in [5, 5.41) is 13.3. The Labute approximate surface area is 185 Å². The van der Waals surface area contributed by atoms with Crippen LogP contribution in [0.15, 0.2) is 42.5 Å². The van der Waals surface area contributed by atoms with Crippen molar-refractivity contribution in [3.63, 3.8) is 0 Å². The summed E-state index contributed by atoms with van der Waals surface area (Å²) in [6.45, 7) is 5.62. The van der Waals surface area contributed by atoms with Crippen LogP contribution in [0.5, 0.6) is 0 Å². The van der Waals surface area contributed by atoms with Crippen LogP contribution in [0.3, 0.4) is 0 Å². The van der Waals surface area contributed by atoms with Crippen molar-refractivity contribution < 1.29 is 19.1 Å². The van der Waals surface area contributed by atoms with Gasteiger partial charge in [0.25, 0.3) is 0 Å². The molecule has 1 fully saturated rings. The lowest BCUT2D eigenvalue weighted by Gasteiger charge is -2.48. The number of hydrogen-bond acceptors (Lipinski definition) is 2. The smallest absolute Gasteiger partial charge is 0.304 e. The number of benzene rings is 2. The van der Waals surface area contributed by atoms with E-state index in [-0.39, 0.29) is 29.7 Å². The van der Waals surface area contributed by atoms with Gasteiger partial charge in [-0.2, -0.15) is 0 Å². The molecule has 3 unspecified atom stereocenters. The Morgan fingerprint density at radius 3 is 2.40 bits per heavy atom. The summed E-state index contributed by atoms with van der Waals surface area (Å²) in [7, 11) is 0. The average molecular weight is 452 g/mol. The second-order valence-electron chi connectivity index (χ2n) is 8.82. The molecule has 0 spiro atoms. The van der Waals surface area contributed by atoms with Crippen LogP contribution < -0.4 is 5.32 Å². The van der Waals surface area contributed by atoms with Crippen LogP contribution in [0.1, 0.15) is 50.7 Å². The maximum Gasteiger partial charge on any atom is 0.304 e. The number of carbonyl (C=O) groups is 2. The molecule has 3 atom stereocenters. The number of carbonyl (C=O) groups excluding carboxylic acids is 1. The minimum atomic E-state index is -1.12. The minimum absolute atomic E-state index is 0.255. The number of hydrogen-bond donors (Lipinski definition) is 2. The standard InChI is InChI=1S/C23H24Cl2FNO3/c1-22(2,14-4-6-15(24)7-5-14)20-18(13-8-16(25)10-17(26)9-13)11-23(3,12-19(28)29)21(30)27-20/h4-10,18,20H,11-12H2,1-3H3,(H,27,30)(H,28,29). The second-order valence-corrected chi connectivity index (χ2v) is 9.70. The SMILES string of the molecule is CC1(CC(=O)O)CC(c2cc(F)cc(Cl)c2)C(C(C)(C)c2ccc(Cl)cc2)NC1=O. The summed E-state index contributed by atoms with van der Waals surface area (Å²) >= 11 is 12.1. The van der Waals surface area contributed by atoms with Crippen LogP contribution in [0.25, 0.3) is 0 Å². The zero-order valence-corrected chi connectivity index (χ0v) is 18.5. The minimum Gasteiger partial charge on any atom is -0.481 e. The number of amides is 1. The first kappa shape index (κ1) is 22.6. The molecule has 1 amide bonds. The number of carboxylic acid groups (broad SMARTS) is 1. The summed E-state index contributed by atoms with van der Waals surface area (Å²) in [6.07, 6.45) is -0.0565. The van der Waals surface area contributed by atoms with Gasteiger partial charge in [0.05, 0.1) is 11.8 Å². The fourth-order valence-electron chi connectivity index (χ4n) is 4.44. The first-order chi connectivity index (χ1) is 13.9.